The Kier molecular flexibility index (Phi) is 9.05. The summed E-state index contributed by atoms with van der Waals surface area (Å²) < 4.78 is 6.48. The van der Waals surface area contributed by atoms with Crippen LogP contribution in [0.25, 0.3) is 9.53 Å². The maximum atomic E-state index is 12.5. The molecule has 1 saturated heterocycles. The number of carbonyl (C=O) groups is 1. The summed E-state index contributed by atoms with van der Waals surface area (Å²) in [5.74, 6) is -0.00869. The maximum Gasteiger partial charge on any atom is 0.261 e. The minimum atomic E-state index is -0.00869. The minimum absolute atomic E-state index is 0. The van der Waals surface area contributed by atoms with E-state index in [1.54, 1.807) is 18.4 Å². The van der Waals surface area contributed by atoms with Crippen molar-refractivity contribution in [3.8, 4) is 0 Å². The number of nitrogens with zero attached hydrogens (tertiary/aromatic N) is 2. The number of hydrogen-bond acceptors (Lipinski definition) is 7. The summed E-state index contributed by atoms with van der Waals surface area (Å²) in [7, 11) is 5.68. The molecule has 0 spiro atoms. The van der Waals surface area contributed by atoms with Crippen molar-refractivity contribution in [2.24, 2.45) is 5.41 Å². The van der Waals surface area contributed by atoms with Crippen molar-refractivity contribution in [2.75, 3.05) is 52.3 Å². The second-order valence-electron chi connectivity index (χ2n) is 6.54. The normalized spacial score (nSPS) is 15.8. The van der Waals surface area contributed by atoms with E-state index in [-0.39, 0.29) is 36.1 Å². The van der Waals surface area contributed by atoms with E-state index < -0.39 is 0 Å². The van der Waals surface area contributed by atoms with E-state index in [4.69, 9.17) is 4.74 Å². The summed E-state index contributed by atoms with van der Waals surface area (Å²) in [6.07, 6.45) is 2.04. The zero-order chi connectivity index (χ0) is 17.2. The van der Waals surface area contributed by atoms with Crippen LogP contribution in [0.4, 0.5) is 5.13 Å². The van der Waals surface area contributed by atoms with E-state index in [0.717, 1.165) is 45.5 Å². The number of carbonyl (C=O) groups excluding carboxylic acids is 1. The van der Waals surface area contributed by atoms with E-state index in [9.17, 15) is 4.79 Å². The third-order valence-corrected chi connectivity index (χ3v) is 6.75. The predicted molar refractivity (Wildman–Crippen MR) is 115 cm³/mol. The van der Waals surface area contributed by atoms with Gasteiger partial charge in [-0.1, -0.05) is 11.3 Å². The third kappa shape index (κ3) is 5.21. The Morgan fingerprint density at radius 3 is 2.62 bits per heavy atom. The predicted octanol–water partition coefficient (Wildman–Crippen LogP) is 3.01. The van der Waals surface area contributed by atoms with Gasteiger partial charge in [-0.3, -0.25) is 4.79 Å². The Balaban J connectivity index is 0.00000169. The monoisotopic (exact) mass is 440 g/mol. The number of methoxy groups -OCH3 is 1. The Morgan fingerprint density at radius 1 is 1.35 bits per heavy atom. The van der Waals surface area contributed by atoms with Gasteiger partial charge < -0.3 is 20.3 Å². The number of aromatic nitrogens is 1. The van der Waals surface area contributed by atoms with Gasteiger partial charge in [0.05, 0.1) is 16.2 Å². The fourth-order valence-electron chi connectivity index (χ4n) is 3.02. The molecule has 1 aliphatic rings. The van der Waals surface area contributed by atoms with Gasteiger partial charge in [0, 0.05) is 33.2 Å². The standard InChI is InChI=1S/C16H24N4O2S2.2ClH/c1-20(2)15-19-14-12(24-15)8-11(23-14)13(21)18-9-16(10-22-3)4-6-17-7-5-16;;/h8,17H,4-7,9-10H2,1-3H3,(H,18,21);2*1H. The van der Waals surface area contributed by atoms with Crippen molar-refractivity contribution >= 4 is 68.1 Å². The van der Waals surface area contributed by atoms with Crippen LogP contribution in [-0.2, 0) is 4.74 Å². The Hall–Kier alpha value is -0.640. The summed E-state index contributed by atoms with van der Waals surface area (Å²) in [6, 6.07) is 1.95. The van der Waals surface area contributed by atoms with Crippen LogP contribution in [0.1, 0.15) is 22.5 Å². The number of amides is 1. The lowest BCUT2D eigenvalue weighted by molar-refractivity contribution is 0.0512. The van der Waals surface area contributed by atoms with Gasteiger partial charge in [0.1, 0.15) is 4.83 Å². The first-order valence-corrected chi connectivity index (χ1v) is 9.72. The van der Waals surface area contributed by atoms with Gasteiger partial charge in [0.25, 0.3) is 5.91 Å². The van der Waals surface area contributed by atoms with E-state index in [2.05, 4.69) is 15.6 Å². The molecule has 0 atom stereocenters. The molecule has 1 amide bonds. The number of ether oxygens (including phenoxy) is 1. The molecule has 26 heavy (non-hydrogen) atoms. The van der Waals surface area contributed by atoms with Gasteiger partial charge in [0.15, 0.2) is 5.13 Å². The number of halogens is 2. The molecule has 2 aromatic heterocycles. The van der Waals surface area contributed by atoms with Crippen LogP contribution in [0.3, 0.4) is 0 Å². The first-order chi connectivity index (χ1) is 11.5. The van der Waals surface area contributed by atoms with Crippen molar-refractivity contribution in [3.05, 3.63) is 10.9 Å². The molecule has 2 N–H and O–H groups in total. The Bertz CT molecular complexity index is 677. The zero-order valence-electron chi connectivity index (χ0n) is 15.2. The highest BCUT2D eigenvalue weighted by Gasteiger charge is 2.32. The average molecular weight is 441 g/mol. The highest BCUT2D eigenvalue weighted by molar-refractivity contribution is 7.29. The van der Waals surface area contributed by atoms with Gasteiger partial charge in [-0.25, -0.2) is 4.98 Å². The Morgan fingerprint density at radius 2 is 2.04 bits per heavy atom. The van der Waals surface area contributed by atoms with Crippen molar-refractivity contribution < 1.29 is 9.53 Å². The van der Waals surface area contributed by atoms with E-state index in [1.165, 1.54) is 11.3 Å². The van der Waals surface area contributed by atoms with Gasteiger partial charge in [-0.2, -0.15) is 0 Å². The molecule has 3 heterocycles. The molecular formula is C16H26Cl2N4O2S2. The van der Waals surface area contributed by atoms with Crippen molar-refractivity contribution in [1.29, 1.82) is 0 Å². The topological polar surface area (TPSA) is 66.5 Å². The van der Waals surface area contributed by atoms with Crippen LogP contribution in [0, 0.1) is 5.41 Å². The fourth-order valence-corrected chi connectivity index (χ4v) is 5.07. The summed E-state index contributed by atoms with van der Waals surface area (Å²) in [6.45, 7) is 3.29. The highest BCUT2D eigenvalue weighted by Crippen LogP contribution is 2.34. The summed E-state index contributed by atoms with van der Waals surface area (Å²) in [5.41, 5.74) is 0.0423. The summed E-state index contributed by atoms with van der Waals surface area (Å²) in [5, 5.41) is 7.45. The largest absolute Gasteiger partial charge is 0.384 e. The fraction of sp³-hybridized carbons (Fsp3) is 0.625. The molecule has 2 aromatic rings. The molecule has 0 radical (unpaired) electrons. The summed E-state index contributed by atoms with van der Waals surface area (Å²) in [4.78, 5) is 20.7. The molecule has 6 nitrogen and oxygen atoms in total. The molecule has 10 heteroatoms. The molecule has 0 bridgehead atoms. The molecule has 148 valence electrons. The lowest BCUT2D eigenvalue weighted by atomic mass is 9.79. The van der Waals surface area contributed by atoms with Crippen LogP contribution in [0.15, 0.2) is 6.07 Å². The second-order valence-corrected chi connectivity index (χ2v) is 8.58. The smallest absolute Gasteiger partial charge is 0.261 e. The van der Waals surface area contributed by atoms with E-state index in [0.29, 0.717) is 13.2 Å². The number of piperidine rings is 1. The van der Waals surface area contributed by atoms with Gasteiger partial charge >= 0.3 is 0 Å². The second kappa shape index (κ2) is 10.1. The van der Waals surface area contributed by atoms with Gasteiger partial charge in [0.2, 0.25) is 0 Å². The third-order valence-electron chi connectivity index (χ3n) is 4.42. The van der Waals surface area contributed by atoms with Crippen LogP contribution >= 0.6 is 47.5 Å². The lowest BCUT2D eigenvalue weighted by Gasteiger charge is -2.37. The number of thiazole rings is 1. The number of rotatable bonds is 6. The number of thiophene rings is 1. The number of anilines is 1. The number of hydrogen-bond donors (Lipinski definition) is 2. The van der Waals surface area contributed by atoms with Crippen LogP contribution in [0.5, 0.6) is 0 Å². The van der Waals surface area contributed by atoms with E-state index in [1.807, 2.05) is 25.1 Å². The minimum Gasteiger partial charge on any atom is -0.384 e. The van der Waals surface area contributed by atoms with Gasteiger partial charge in [-0.05, 0) is 32.0 Å². The van der Waals surface area contributed by atoms with Crippen LogP contribution < -0.4 is 15.5 Å². The van der Waals surface area contributed by atoms with Crippen LogP contribution in [0.2, 0.25) is 0 Å². The average Bonchev–Trinajstić information content (AvgIpc) is 3.13. The van der Waals surface area contributed by atoms with Crippen molar-refractivity contribution in [3.63, 3.8) is 0 Å². The highest BCUT2D eigenvalue weighted by atomic mass is 35.5. The molecule has 3 rings (SSSR count). The van der Waals surface area contributed by atoms with Crippen molar-refractivity contribution in [2.45, 2.75) is 12.8 Å². The molecule has 1 aliphatic heterocycles. The quantitative estimate of drug-likeness (QED) is 0.722. The molecule has 0 aromatic carbocycles. The SMILES string of the molecule is COCC1(CNC(=O)c2cc3sc(N(C)C)nc3s2)CCNCC1.Cl.Cl. The van der Waals surface area contributed by atoms with E-state index >= 15 is 0 Å². The van der Waals surface area contributed by atoms with Crippen molar-refractivity contribution in [1.82, 2.24) is 15.6 Å². The maximum absolute atomic E-state index is 12.5. The summed E-state index contributed by atoms with van der Waals surface area (Å²) >= 11 is 3.07. The lowest BCUT2D eigenvalue weighted by Crippen LogP contribution is -2.47. The van der Waals surface area contributed by atoms with Gasteiger partial charge in [-0.15, -0.1) is 36.2 Å². The Labute approximate surface area is 174 Å². The molecule has 0 unspecified atom stereocenters. The zero-order valence-corrected chi connectivity index (χ0v) is 18.4. The molecule has 0 saturated carbocycles. The number of fused-ring (bicyclic) bond motifs is 1. The molecular weight excluding hydrogens is 415 g/mol. The van der Waals surface area contributed by atoms with Crippen LogP contribution in [-0.4, -0.2) is 58.3 Å². The molecule has 1 fully saturated rings. The number of nitrogens with one attached hydrogen (secondary N) is 2. The molecule has 0 aliphatic carbocycles. The first-order valence-electron chi connectivity index (χ1n) is 8.09. The first kappa shape index (κ1) is 23.4.